The van der Waals surface area contributed by atoms with Crippen LogP contribution >= 0.6 is 0 Å². The first-order chi connectivity index (χ1) is 16.5. The van der Waals surface area contributed by atoms with Gasteiger partial charge in [0.2, 0.25) is 5.95 Å². The zero-order valence-electron chi connectivity index (χ0n) is 17.7. The molecule has 170 valence electrons. The first kappa shape index (κ1) is 21.4. The van der Waals surface area contributed by atoms with Crippen molar-refractivity contribution >= 4 is 22.8 Å². The number of fused-ring (bicyclic) bond motifs is 1. The summed E-state index contributed by atoms with van der Waals surface area (Å²) >= 11 is 0. The van der Waals surface area contributed by atoms with E-state index in [2.05, 4.69) is 25.4 Å². The van der Waals surface area contributed by atoms with Gasteiger partial charge in [0, 0.05) is 36.5 Å². The summed E-state index contributed by atoms with van der Waals surface area (Å²) in [6.45, 7) is 0.472. The number of anilines is 2. The average molecular weight is 461 g/mol. The van der Waals surface area contributed by atoms with Crippen molar-refractivity contribution in [1.82, 2.24) is 24.7 Å². The first-order valence-electron chi connectivity index (χ1n) is 10.4. The average Bonchev–Trinajstić information content (AvgIpc) is 3.17. The van der Waals surface area contributed by atoms with Crippen LogP contribution in [-0.2, 0) is 6.42 Å². The molecule has 3 heterocycles. The van der Waals surface area contributed by atoms with Crippen LogP contribution in [0.25, 0.3) is 28.0 Å². The number of hydrogen-bond acceptors (Lipinski definition) is 6. The molecule has 0 bridgehead atoms. The van der Waals surface area contributed by atoms with Crippen LogP contribution in [0.5, 0.6) is 0 Å². The van der Waals surface area contributed by atoms with Gasteiger partial charge in [0.15, 0.2) is 5.65 Å². The smallest absolute Gasteiger partial charge is 0.225 e. The Balaban J connectivity index is 1.61. The number of nitrogens with two attached hydrogens (primary N) is 1. The number of benzene rings is 2. The second-order valence-electron chi connectivity index (χ2n) is 7.50. The van der Waals surface area contributed by atoms with Crippen LogP contribution in [0.15, 0.2) is 66.9 Å². The van der Waals surface area contributed by atoms with Crippen LogP contribution in [0.2, 0.25) is 0 Å². The lowest BCUT2D eigenvalue weighted by atomic mass is 10.1. The van der Waals surface area contributed by atoms with Crippen molar-refractivity contribution in [3.8, 4) is 16.9 Å². The number of aromatic nitrogens is 5. The molecule has 3 aromatic heterocycles. The fourth-order valence-corrected chi connectivity index (χ4v) is 3.62. The molecule has 0 spiro atoms. The van der Waals surface area contributed by atoms with Crippen molar-refractivity contribution in [2.45, 2.75) is 6.42 Å². The third-order valence-electron chi connectivity index (χ3n) is 5.19. The first-order valence-corrected chi connectivity index (χ1v) is 10.4. The van der Waals surface area contributed by atoms with Gasteiger partial charge in [-0.1, -0.05) is 18.2 Å². The summed E-state index contributed by atoms with van der Waals surface area (Å²) in [6, 6.07) is 14.4. The molecule has 34 heavy (non-hydrogen) atoms. The third-order valence-corrected chi connectivity index (χ3v) is 5.19. The lowest BCUT2D eigenvalue weighted by Crippen LogP contribution is -2.09. The molecule has 10 heteroatoms. The van der Waals surface area contributed by atoms with Gasteiger partial charge in [-0.2, -0.15) is 4.98 Å². The summed E-state index contributed by atoms with van der Waals surface area (Å²) in [5.41, 5.74) is 7.91. The van der Waals surface area contributed by atoms with Gasteiger partial charge in [0.1, 0.15) is 29.0 Å². The second kappa shape index (κ2) is 8.81. The van der Waals surface area contributed by atoms with E-state index in [-0.39, 0.29) is 23.1 Å². The predicted molar refractivity (Wildman–Crippen MR) is 123 cm³/mol. The van der Waals surface area contributed by atoms with Gasteiger partial charge in [0.05, 0.1) is 11.1 Å². The van der Waals surface area contributed by atoms with Crippen molar-refractivity contribution in [3.05, 3.63) is 90.0 Å². The molecule has 0 aliphatic carbocycles. The van der Waals surface area contributed by atoms with Crippen LogP contribution in [0.4, 0.5) is 24.9 Å². The zero-order chi connectivity index (χ0) is 23.7. The Bertz CT molecular complexity index is 1490. The van der Waals surface area contributed by atoms with E-state index >= 15 is 0 Å². The maximum absolute atomic E-state index is 14.5. The number of rotatable bonds is 6. The molecule has 0 fully saturated rings. The molecule has 7 nitrogen and oxygen atoms in total. The van der Waals surface area contributed by atoms with Crippen LogP contribution in [0.3, 0.4) is 0 Å². The van der Waals surface area contributed by atoms with E-state index in [1.165, 1.54) is 12.1 Å². The molecular weight excluding hydrogens is 443 g/mol. The van der Waals surface area contributed by atoms with Gasteiger partial charge < -0.3 is 11.1 Å². The van der Waals surface area contributed by atoms with Gasteiger partial charge in [-0.05, 0) is 36.4 Å². The molecule has 5 aromatic rings. The van der Waals surface area contributed by atoms with E-state index < -0.39 is 17.5 Å². The number of nitrogens with one attached hydrogen (secondary N) is 1. The SMILES string of the molecule is Nc1c2c(-c3cccc(F)c3)nc(NCCc3ccccn3)nc2nn1-c1cc(F)ccc1F. The Morgan fingerprint density at radius 2 is 1.76 bits per heavy atom. The normalized spacial score (nSPS) is 11.1. The summed E-state index contributed by atoms with van der Waals surface area (Å²) in [7, 11) is 0. The summed E-state index contributed by atoms with van der Waals surface area (Å²) in [5, 5.41) is 7.72. The third kappa shape index (κ3) is 4.13. The van der Waals surface area contributed by atoms with Crippen molar-refractivity contribution < 1.29 is 13.2 Å². The number of nitrogen functional groups attached to an aromatic ring is 1. The minimum Gasteiger partial charge on any atom is -0.383 e. The molecule has 5 rings (SSSR count). The highest BCUT2D eigenvalue weighted by atomic mass is 19.1. The molecule has 0 atom stereocenters. The van der Waals surface area contributed by atoms with Crippen molar-refractivity contribution in [2.24, 2.45) is 0 Å². The van der Waals surface area contributed by atoms with Crippen LogP contribution in [-0.4, -0.2) is 31.3 Å². The summed E-state index contributed by atoms with van der Waals surface area (Å²) in [4.78, 5) is 13.2. The largest absolute Gasteiger partial charge is 0.383 e. The monoisotopic (exact) mass is 461 g/mol. The standard InChI is InChI=1S/C24H18F3N7/c25-15-5-3-4-14(12-15)21-20-22(28)34(19-13-16(26)7-8-18(19)27)33-23(20)32-24(31-21)30-11-9-17-6-1-2-10-29-17/h1-8,10,12-13H,9,11,28H2,(H,30,32,33). The van der Waals surface area contributed by atoms with Gasteiger partial charge in [-0.15, -0.1) is 5.10 Å². The molecule has 0 saturated heterocycles. The molecule has 0 amide bonds. The Morgan fingerprint density at radius 3 is 2.56 bits per heavy atom. The topological polar surface area (TPSA) is 94.5 Å². The summed E-state index contributed by atoms with van der Waals surface area (Å²) < 4.78 is 43.3. The number of nitrogens with zero attached hydrogens (tertiary/aromatic N) is 5. The lowest BCUT2D eigenvalue weighted by Gasteiger charge is -2.09. The molecule has 0 unspecified atom stereocenters. The van der Waals surface area contributed by atoms with Crippen LogP contribution in [0.1, 0.15) is 5.69 Å². The van der Waals surface area contributed by atoms with E-state index in [4.69, 9.17) is 5.73 Å². The van der Waals surface area contributed by atoms with Gasteiger partial charge in [-0.3, -0.25) is 4.98 Å². The fourth-order valence-electron chi connectivity index (χ4n) is 3.62. The Labute approximate surface area is 192 Å². The fraction of sp³-hybridized carbons (Fsp3) is 0.0833. The highest BCUT2D eigenvalue weighted by Crippen LogP contribution is 2.33. The number of halogens is 3. The van der Waals surface area contributed by atoms with Crippen LogP contribution in [0, 0.1) is 17.5 Å². The van der Waals surface area contributed by atoms with E-state index in [0.717, 1.165) is 28.6 Å². The molecule has 2 aromatic carbocycles. The maximum Gasteiger partial charge on any atom is 0.225 e. The van der Waals surface area contributed by atoms with Crippen molar-refractivity contribution in [2.75, 3.05) is 17.6 Å². The Morgan fingerprint density at radius 1 is 0.912 bits per heavy atom. The van der Waals surface area contributed by atoms with Crippen LogP contribution < -0.4 is 11.1 Å². The number of pyridine rings is 1. The zero-order valence-corrected chi connectivity index (χ0v) is 17.7. The Hall–Kier alpha value is -4.47. The number of hydrogen-bond donors (Lipinski definition) is 2. The predicted octanol–water partition coefficient (Wildman–Crippen LogP) is 4.53. The molecule has 0 aliphatic rings. The minimum absolute atomic E-state index is 0.00111. The summed E-state index contributed by atoms with van der Waals surface area (Å²) in [5.74, 6) is -1.60. The van der Waals surface area contributed by atoms with Crippen molar-refractivity contribution in [1.29, 1.82) is 0 Å². The highest BCUT2D eigenvalue weighted by Gasteiger charge is 2.21. The van der Waals surface area contributed by atoms with E-state index in [9.17, 15) is 13.2 Å². The highest BCUT2D eigenvalue weighted by molar-refractivity contribution is 5.99. The van der Waals surface area contributed by atoms with E-state index in [1.807, 2.05) is 18.2 Å². The minimum atomic E-state index is -0.713. The summed E-state index contributed by atoms with van der Waals surface area (Å²) in [6.07, 6.45) is 2.32. The lowest BCUT2D eigenvalue weighted by molar-refractivity contribution is 0.588. The van der Waals surface area contributed by atoms with Gasteiger partial charge in [-0.25, -0.2) is 22.8 Å². The van der Waals surface area contributed by atoms with Gasteiger partial charge >= 0.3 is 0 Å². The molecular formula is C24H18F3N7. The Kier molecular flexibility index (Phi) is 5.54. The quantitative estimate of drug-likeness (QED) is 0.386. The second-order valence-corrected chi connectivity index (χ2v) is 7.50. The van der Waals surface area contributed by atoms with Crippen molar-refractivity contribution in [3.63, 3.8) is 0 Å². The maximum atomic E-state index is 14.5. The molecule has 0 radical (unpaired) electrons. The van der Waals surface area contributed by atoms with E-state index in [0.29, 0.717) is 29.6 Å². The molecule has 0 aliphatic heterocycles. The van der Waals surface area contributed by atoms with Gasteiger partial charge in [0.25, 0.3) is 0 Å². The molecule has 0 saturated carbocycles. The molecule has 3 N–H and O–H groups in total. The van der Waals surface area contributed by atoms with E-state index in [1.54, 1.807) is 18.3 Å².